The van der Waals surface area contributed by atoms with Crippen LogP contribution in [0, 0.1) is 11.8 Å². The zero-order valence-electron chi connectivity index (χ0n) is 22.6. The maximum absolute atomic E-state index is 13.4. The number of Topliss-reactive ketones (excluding diaryl/α,β-unsaturated/α-hetero) is 1. The van der Waals surface area contributed by atoms with E-state index in [0.29, 0.717) is 18.4 Å². The van der Waals surface area contributed by atoms with Crippen molar-refractivity contribution in [3.8, 4) is 11.4 Å². The predicted molar refractivity (Wildman–Crippen MR) is 148 cm³/mol. The Bertz CT molecular complexity index is 1300. The van der Waals surface area contributed by atoms with Crippen LogP contribution in [0.3, 0.4) is 0 Å². The molecule has 3 aromatic rings. The maximum Gasteiger partial charge on any atom is 0.442 e. The molecule has 1 aromatic carbocycles. The van der Waals surface area contributed by atoms with Gasteiger partial charge >= 0.3 is 11.8 Å². The molecule has 0 fully saturated rings. The molecule has 2 amide bonds. The van der Waals surface area contributed by atoms with Gasteiger partial charge in [0, 0.05) is 20.8 Å². The van der Waals surface area contributed by atoms with Gasteiger partial charge in [-0.25, -0.2) is 14.2 Å². The summed E-state index contributed by atoms with van der Waals surface area (Å²) in [5, 5.41) is 9.20. The summed E-state index contributed by atoms with van der Waals surface area (Å²) < 4.78 is 11.2. The third kappa shape index (κ3) is 8.91. The molecule has 0 unspecified atom stereocenters. The Balaban J connectivity index is 0.00000420. The number of nitrogens with one attached hydrogen (secondary N) is 2. The smallest absolute Gasteiger partial charge is 0.442 e. The van der Waals surface area contributed by atoms with E-state index in [2.05, 4.69) is 20.8 Å². The van der Waals surface area contributed by atoms with Gasteiger partial charge < -0.3 is 15.4 Å². The van der Waals surface area contributed by atoms with Gasteiger partial charge in [0.25, 0.3) is 0 Å². The van der Waals surface area contributed by atoms with Crippen molar-refractivity contribution < 1.29 is 26.5 Å². The number of ether oxygens (including phenoxy) is 1. The van der Waals surface area contributed by atoms with E-state index >= 15 is 0 Å². The van der Waals surface area contributed by atoms with E-state index in [1.165, 1.54) is 6.20 Å². The Morgan fingerprint density at radius 1 is 0.974 bits per heavy atom. The van der Waals surface area contributed by atoms with E-state index in [1.54, 1.807) is 18.3 Å². The van der Waals surface area contributed by atoms with Gasteiger partial charge in [-0.15, -0.1) is 0 Å². The van der Waals surface area contributed by atoms with E-state index in [4.69, 9.17) is 9.26 Å². The highest BCUT2D eigenvalue weighted by Gasteiger charge is 2.29. The highest BCUT2D eigenvalue weighted by molar-refractivity contribution is 5.92. The van der Waals surface area contributed by atoms with E-state index in [9.17, 15) is 19.2 Å². The number of hydrogen-bond donors (Lipinski definition) is 2. The maximum atomic E-state index is 13.4. The lowest BCUT2D eigenvalue weighted by atomic mass is 9.98. The lowest BCUT2D eigenvalue weighted by Crippen LogP contribution is -2.53. The lowest BCUT2D eigenvalue weighted by molar-refractivity contribution is -0.129. The molecule has 2 aromatic heterocycles. The van der Waals surface area contributed by atoms with Crippen LogP contribution in [0.15, 0.2) is 64.2 Å². The standard InChI is InChI=1S/C28H35N5O6.2H2/c1-18(2)13-22(24(34)16-33-25(32-39-28(33)37)21-11-8-12-29-15-21)30-26(35)23(14-19(3)4)31-27(36)38-17-20-9-6-5-7-10-20;;/h5-12,15,18-19,22-23H,13-14,16-17H2,1-4H3,(H,30,35)(H,31,36);2*1H/t22-,23-;;/m0../s1. The predicted octanol–water partition coefficient (Wildman–Crippen LogP) is 3.83. The molecule has 0 radical (unpaired) electrons. The van der Waals surface area contributed by atoms with E-state index in [0.717, 1.165) is 10.1 Å². The third-order valence-corrected chi connectivity index (χ3v) is 5.86. The Morgan fingerprint density at radius 2 is 1.67 bits per heavy atom. The van der Waals surface area contributed by atoms with Crippen molar-refractivity contribution in [1.29, 1.82) is 0 Å². The molecule has 212 valence electrons. The summed E-state index contributed by atoms with van der Waals surface area (Å²) in [5.41, 5.74) is 1.32. The van der Waals surface area contributed by atoms with Gasteiger partial charge in [0.15, 0.2) is 11.6 Å². The summed E-state index contributed by atoms with van der Waals surface area (Å²) in [6.07, 6.45) is 3.02. The van der Waals surface area contributed by atoms with Crippen LogP contribution in [0.4, 0.5) is 4.79 Å². The second-order valence-electron chi connectivity index (χ2n) is 10.1. The van der Waals surface area contributed by atoms with Crippen molar-refractivity contribution in [2.24, 2.45) is 11.8 Å². The van der Waals surface area contributed by atoms with Gasteiger partial charge in [0.05, 0.1) is 12.6 Å². The van der Waals surface area contributed by atoms with Crippen LogP contribution in [-0.2, 0) is 27.5 Å². The molecule has 0 saturated carbocycles. The minimum absolute atomic E-state index is 0. The van der Waals surface area contributed by atoms with Crippen LogP contribution < -0.4 is 16.4 Å². The summed E-state index contributed by atoms with van der Waals surface area (Å²) in [5.74, 6) is -1.41. The summed E-state index contributed by atoms with van der Waals surface area (Å²) >= 11 is 0. The first-order valence-corrected chi connectivity index (χ1v) is 12.9. The molecule has 0 aliphatic heterocycles. The molecule has 0 aliphatic carbocycles. The second-order valence-corrected chi connectivity index (χ2v) is 10.1. The number of benzene rings is 1. The van der Waals surface area contributed by atoms with Crippen LogP contribution in [-0.4, -0.2) is 44.6 Å². The molecular weight excluding hydrogens is 502 g/mol. The number of rotatable bonds is 13. The van der Waals surface area contributed by atoms with Gasteiger partial charge in [-0.05, 0) is 42.4 Å². The second kappa shape index (κ2) is 14.0. The molecule has 0 bridgehead atoms. The summed E-state index contributed by atoms with van der Waals surface area (Å²) in [7, 11) is 0. The fraction of sp³-hybridized carbons (Fsp3) is 0.429. The summed E-state index contributed by atoms with van der Waals surface area (Å²) in [4.78, 5) is 55.5. The monoisotopic (exact) mass is 541 g/mol. The highest BCUT2D eigenvalue weighted by Crippen LogP contribution is 2.15. The number of hydrogen-bond acceptors (Lipinski definition) is 8. The Hall–Kier alpha value is -4.28. The van der Waals surface area contributed by atoms with E-state index in [1.807, 2.05) is 58.0 Å². The van der Waals surface area contributed by atoms with Gasteiger partial charge in [0.2, 0.25) is 5.91 Å². The van der Waals surface area contributed by atoms with Gasteiger partial charge in [-0.1, -0.05) is 63.2 Å². The Kier molecular flexibility index (Phi) is 10.5. The van der Waals surface area contributed by atoms with Crippen molar-refractivity contribution in [2.75, 3.05) is 0 Å². The number of pyridine rings is 1. The Labute approximate surface area is 229 Å². The third-order valence-electron chi connectivity index (χ3n) is 5.86. The fourth-order valence-corrected chi connectivity index (χ4v) is 4.00. The zero-order valence-corrected chi connectivity index (χ0v) is 22.6. The normalized spacial score (nSPS) is 12.7. The largest absolute Gasteiger partial charge is 0.445 e. The number of ketones is 1. The topological polar surface area (TPSA) is 145 Å². The first-order chi connectivity index (χ1) is 18.6. The molecule has 0 aliphatic rings. The zero-order chi connectivity index (χ0) is 28.4. The van der Waals surface area contributed by atoms with Crippen LogP contribution in [0.5, 0.6) is 0 Å². The quantitative estimate of drug-likeness (QED) is 0.332. The molecule has 3 rings (SSSR count). The summed E-state index contributed by atoms with van der Waals surface area (Å²) in [6.45, 7) is 7.39. The molecule has 2 N–H and O–H groups in total. The molecular formula is C28H39N5O6. The highest BCUT2D eigenvalue weighted by atomic mass is 16.5. The first kappa shape index (κ1) is 29.3. The van der Waals surface area contributed by atoms with Crippen LogP contribution in [0.2, 0.25) is 0 Å². The van der Waals surface area contributed by atoms with E-state index in [-0.39, 0.29) is 33.7 Å². The van der Waals surface area contributed by atoms with Crippen LogP contribution in [0.1, 0.15) is 49.0 Å². The first-order valence-electron chi connectivity index (χ1n) is 12.9. The average Bonchev–Trinajstić information content (AvgIpc) is 3.27. The molecule has 11 heteroatoms. The minimum Gasteiger partial charge on any atom is -0.445 e. The number of nitrogens with zero attached hydrogens (tertiary/aromatic N) is 3. The molecule has 0 saturated heterocycles. The molecule has 0 spiro atoms. The lowest BCUT2D eigenvalue weighted by Gasteiger charge is -2.25. The number of amides is 2. The van der Waals surface area contributed by atoms with Crippen LogP contribution >= 0.6 is 0 Å². The van der Waals surface area contributed by atoms with Crippen molar-refractivity contribution in [2.45, 2.75) is 65.8 Å². The van der Waals surface area contributed by atoms with Crippen molar-refractivity contribution in [1.82, 2.24) is 25.3 Å². The SMILES string of the molecule is CC(C)C[C@H](NC(=O)[C@H](CC(C)C)NC(=O)OCc1ccccc1)C(=O)Cn1c(-c2cccnc2)noc1=O.[HH].[HH]. The number of alkyl carbamates (subject to hydrolysis) is 1. The van der Waals surface area contributed by atoms with Gasteiger partial charge in [-0.2, -0.15) is 0 Å². The molecule has 2 atom stereocenters. The van der Waals surface area contributed by atoms with Crippen molar-refractivity contribution in [3.63, 3.8) is 0 Å². The van der Waals surface area contributed by atoms with Crippen molar-refractivity contribution in [3.05, 3.63) is 71.0 Å². The Morgan fingerprint density at radius 3 is 2.31 bits per heavy atom. The van der Waals surface area contributed by atoms with Gasteiger partial charge in [-0.3, -0.25) is 19.1 Å². The molecule has 39 heavy (non-hydrogen) atoms. The number of carbonyl (C=O) groups is 3. The van der Waals surface area contributed by atoms with Gasteiger partial charge in [0.1, 0.15) is 12.6 Å². The molecule has 2 heterocycles. The average molecular weight is 542 g/mol. The van der Waals surface area contributed by atoms with E-state index < -0.39 is 35.6 Å². The number of aromatic nitrogens is 3. The number of carbonyl (C=O) groups excluding carboxylic acids is 3. The fourth-order valence-electron chi connectivity index (χ4n) is 4.00. The summed E-state index contributed by atoms with van der Waals surface area (Å²) in [6, 6.07) is 10.7. The minimum atomic E-state index is -0.917. The van der Waals surface area contributed by atoms with Crippen LogP contribution in [0.25, 0.3) is 11.4 Å². The van der Waals surface area contributed by atoms with Crippen molar-refractivity contribution >= 4 is 17.8 Å². The molecule has 11 nitrogen and oxygen atoms in total.